The number of hydrogen-bond acceptors (Lipinski definition) is 5. The van der Waals surface area contributed by atoms with E-state index in [0.29, 0.717) is 12.4 Å². The Balaban J connectivity index is 1.25. The Hall–Kier alpha value is -4.13. The quantitative estimate of drug-likeness (QED) is 0.212. The number of aromatic nitrogens is 2. The molecule has 6 aromatic rings. The predicted octanol–water partition coefficient (Wildman–Crippen LogP) is 7.14. The molecule has 6 heteroatoms. The first-order valence-electron chi connectivity index (χ1n) is 12.0. The van der Waals surface area contributed by atoms with Crippen molar-refractivity contribution in [3.05, 3.63) is 109 Å². The number of nitrogens with one attached hydrogen (secondary N) is 2. The van der Waals surface area contributed by atoms with E-state index in [2.05, 4.69) is 58.8 Å². The summed E-state index contributed by atoms with van der Waals surface area (Å²) in [5.74, 6) is 1.50. The van der Waals surface area contributed by atoms with E-state index < -0.39 is 0 Å². The van der Waals surface area contributed by atoms with Crippen LogP contribution in [0, 0.1) is 0 Å². The van der Waals surface area contributed by atoms with Gasteiger partial charge in [0.1, 0.15) is 18.2 Å². The molecule has 5 nitrogen and oxygen atoms in total. The number of ether oxygens (including phenoxy) is 1. The highest BCUT2D eigenvalue weighted by Gasteiger charge is 2.14. The van der Waals surface area contributed by atoms with Gasteiger partial charge in [-0.25, -0.2) is 4.98 Å². The smallest absolute Gasteiger partial charge is 0.139 e. The highest BCUT2D eigenvalue weighted by atomic mass is 32.1. The van der Waals surface area contributed by atoms with E-state index in [4.69, 9.17) is 15.5 Å². The van der Waals surface area contributed by atoms with Crippen molar-refractivity contribution in [3.8, 4) is 16.2 Å². The first-order chi connectivity index (χ1) is 17.7. The van der Waals surface area contributed by atoms with Gasteiger partial charge >= 0.3 is 0 Å². The van der Waals surface area contributed by atoms with E-state index in [1.54, 1.807) is 17.5 Å². The van der Waals surface area contributed by atoms with Crippen LogP contribution in [0.4, 0.5) is 11.5 Å². The maximum Gasteiger partial charge on any atom is 0.139 e. The Bertz CT molecular complexity index is 1590. The molecule has 3 aromatic carbocycles. The van der Waals surface area contributed by atoms with E-state index >= 15 is 0 Å². The van der Waals surface area contributed by atoms with Gasteiger partial charge in [-0.1, -0.05) is 54.6 Å². The molecule has 3 aromatic heterocycles. The zero-order chi connectivity index (χ0) is 24.3. The molecule has 1 atom stereocenters. The Morgan fingerprint density at radius 1 is 0.944 bits per heavy atom. The zero-order valence-corrected chi connectivity index (χ0v) is 20.5. The van der Waals surface area contributed by atoms with Gasteiger partial charge in [0.25, 0.3) is 0 Å². The number of nitrogens with zero attached hydrogens (tertiary/aromatic N) is 1. The van der Waals surface area contributed by atoms with Gasteiger partial charge in [-0.3, -0.25) is 0 Å². The third-order valence-corrected chi connectivity index (χ3v) is 7.36. The summed E-state index contributed by atoms with van der Waals surface area (Å²) in [5, 5.41) is 5.89. The standard InChI is InChI=1S/C30H26N4OS/c31-22(14-21-17-32-27-12-6-5-11-25(21)27)19-35-24-16-26(29-15-20-8-4-7-13-28(20)36-29)30(33-18-24)34-23-9-2-1-3-10-23/h1-13,15-18,22,32H,14,19,31H2,(H,33,34)/t22-/m0/s1. The molecule has 4 N–H and O–H groups in total. The molecule has 0 bridgehead atoms. The van der Waals surface area contributed by atoms with Crippen LogP contribution in [0.2, 0.25) is 0 Å². The largest absolute Gasteiger partial charge is 0.490 e. The summed E-state index contributed by atoms with van der Waals surface area (Å²) in [5.41, 5.74) is 10.8. The van der Waals surface area contributed by atoms with Crippen LogP contribution in [-0.4, -0.2) is 22.6 Å². The first-order valence-corrected chi connectivity index (χ1v) is 12.8. The number of aromatic amines is 1. The molecule has 0 spiro atoms. The second-order valence-corrected chi connectivity index (χ2v) is 9.93. The second-order valence-electron chi connectivity index (χ2n) is 8.84. The van der Waals surface area contributed by atoms with Gasteiger partial charge in [-0.15, -0.1) is 11.3 Å². The summed E-state index contributed by atoms with van der Waals surface area (Å²) in [4.78, 5) is 9.19. The minimum absolute atomic E-state index is 0.140. The topological polar surface area (TPSA) is 76.0 Å². The fraction of sp³-hybridized carbons (Fsp3) is 0.100. The van der Waals surface area contributed by atoms with Crippen LogP contribution >= 0.6 is 11.3 Å². The van der Waals surface area contributed by atoms with Crippen molar-refractivity contribution in [2.24, 2.45) is 5.73 Å². The molecule has 0 amide bonds. The lowest BCUT2D eigenvalue weighted by Crippen LogP contribution is -2.30. The van der Waals surface area contributed by atoms with Crippen LogP contribution in [0.1, 0.15) is 5.56 Å². The van der Waals surface area contributed by atoms with E-state index in [1.165, 1.54) is 21.0 Å². The van der Waals surface area contributed by atoms with Gasteiger partial charge in [-0.05, 0) is 53.8 Å². The lowest BCUT2D eigenvalue weighted by Gasteiger charge is -2.15. The first kappa shape index (κ1) is 22.3. The van der Waals surface area contributed by atoms with Crippen LogP contribution in [0.5, 0.6) is 5.75 Å². The molecule has 0 aliphatic heterocycles. The van der Waals surface area contributed by atoms with Crippen LogP contribution in [0.15, 0.2) is 103 Å². The molecule has 0 unspecified atom stereocenters. The van der Waals surface area contributed by atoms with Gasteiger partial charge in [0.2, 0.25) is 0 Å². The van der Waals surface area contributed by atoms with Crippen LogP contribution in [0.3, 0.4) is 0 Å². The average molecular weight is 491 g/mol. The monoisotopic (exact) mass is 490 g/mol. The Morgan fingerprint density at radius 3 is 2.64 bits per heavy atom. The number of pyridine rings is 1. The van der Waals surface area contributed by atoms with Crippen LogP contribution in [-0.2, 0) is 6.42 Å². The zero-order valence-electron chi connectivity index (χ0n) is 19.6. The minimum atomic E-state index is -0.140. The molecule has 0 aliphatic rings. The van der Waals surface area contributed by atoms with E-state index in [9.17, 15) is 0 Å². The molecule has 36 heavy (non-hydrogen) atoms. The Labute approximate surface area is 213 Å². The highest BCUT2D eigenvalue weighted by molar-refractivity contribution is 7.22. The second kappa shape index (κ2) is 9.85. The molecular weight excluding hydrogens is 464 g/mol. The van der Waals surface area contributed by atoms with Crippen LogP contribution in [0.25, 0.3) is 31.4 Å². The number of rotatable bonds is 8. The van der Waals surface area contributed by atoms with Crippen molar-refractivity contribution in [2.45, 2.75) is 12.5 Å². The van der Waals surface area contributed by atoms with E-state index in [1.807, 2.05) is 48.7 Å². The SMILES string of the molecule is N[C@H](COc1cnc(Nc2ccccc2)c(-c2cc3ccccc3s2)c1)Cc1c[nH]c2ccccc12. The van der Waals surface area contributed by atoms with Crippen molar-refractivity contribution in [1.29, 1.82) is 0 Å². The van der Waals surface area contributed by atoms with Crippen LogP contribution < -0.4 is 15.8 Å². The summed E-state index contributed by atoms with van der Waals surface area (Å²) < 4.78 is 7.39. The van der Waals surface area contributed by atoms with E-state index in [-0.39, 0.29) is 6.04 Å². The lowest BCUT2D eigenvalue weighted by atomic mass is 10.1. The maximum atomic E-state index is 6.47. The lowest BCUT2D eigenvalue weighted by molar-refractivity contribution is 0.287. The maximum absolute atomic E-state index is 6.47. The Kier molecular flexibility index (Phi) is 6.11. The predicted molar refractivity (Wildman–Crippen MR) is 150 cm³/mol. The molecule has 0 saturated carbocycles. The fourth-order valence-corrected chi connectivity index (χ4v) is 5.51. The molecule has 6 rings (SSSR count). The normalized spacial score (nSPS) is 12.1. The highest BCUT2D eigenvalue weighted by Crippen LogP contribution is 2.39. The number of benzene rings is 3. The van der Waals surface area contributed by atoms with Crippen molar-refractivity contribution in [1.82, 2.24) is 9.97 Å². The summed E-state index contributed by atoms with van der Waals surface area (Å²) in [6.07, 6.45) is 4.53. The molecule has 0 radical (unpaired) electrons. The summed E-state index contributed by atoms with van der Waals surface area (Å²) in [6, 6.07) is 30.9. The molecule has 0 aliphatic carbocycles. The summed E-state index contributed by atoms with van der Waals surface area (Å²) >= 11 is 1.75. The third kappa shape index (κ3) is 4.69. The molecule has 0 saturated heterocycles. The molecule has 0 fully saturated rings. The Morgan fingerprint density at radius 2 is 1.75 bits per heavy atom. The number of thiophene rings is 1. The molecule has 3 heterocycles. The van der Waals surface area contributed by atoms with Crippen molar-refractivity contribution in [2.75, 3.05) is 11.9 Å². The van der Waals surface area contributed by atoms with E-state index in [0.717, 1.165) is 33.9 Å². The van der Waals surface area contributed by atoms with Gasteiger partial charge in [0.15, 0.2) is 0 Å². The van der Waals surface area contributed by atoms with Crippen molar-refractivity contribution in [3.63, 3.8) is 0 Å². The minimum Gasteiger partial charge on any atom is -0.490 e. The van der Waals surface area contributed by atoms with Crippen molar-refractivity contribution < 1.29 is 4.74 Å². The van der Waals surface area contributed by atoms with Gasteiger partial charge in [0, 0.05) is 44.0 Å². The molecule has 178 valence electrons. The number of nitrogens with two attached hydrogens (primary N) is 1. The average Bonchev–Trinajstić information content (AvgIpc) is 3.53. The van der Waals surface area contributed by atoms with Gasteiger partial charge < -0.3 is 20.8 Å². The number of fused-ring (bicyclic) bond motifs is 2. The number of anilines is 2. The summed E-state index contributed by atoms with van der Waals surface area (Å²) in [6.45, 7) is 0.401. The number of hydrogen-bond donors (Lipinski definition) is 3. The third-order valence-electron chi connectivity index (χ3n) is 6.21. The van der Waals surface area contributed by atoms with Crippen molar-refractivity contribution >= 4 is 43.8 Å². The number of para-hydroxylation sites is 2. The molecular formula is C30H26N4OS. The fourth-order valence-electron chi connectivity index (χ4n) is 4.43. The summed E-state index contributed by atoms with van der Waals surface area (Å²) in [7, 11) is 0. The van der Waals surface area contributed by atoms with Gasteiger partial charge in [-0.2, -0.15) is 0 Å². The van der Waals surface area contributed by atoms with Gasteiger partial charge in [0.05, 0.1) is 6.20 Å². The number of H-pyrrole nitrogens is 1.